The Bertz CT molecular complexity index is 261. The van der Waals surface area contributed by atoms with Crippen molar-refractivity contribution < 1.29 is 16.6 Å². The van der Waals surface area contributed by atoms with E-state index in [4.69, 9.17) is 0 Å². The molecule has 0 heterocycles. The van der Waals surface area contributed by atoms with Crippen molar-refractivity contribution in [3.05, 3.63) is 21.2 Å². The Hall–Kier alpha value is 0.411. The molecule has 0 aromatic heterocycles. The third-order valence-corrected chi connectivity index (χ3v) is 8.69. The Morgan fingerprint density at radius 1 is 1.15 bits per heavy atom. The van der Waals surface area contributed by atoms with E-state index in [-0.39, 0.29) is 0 Å². The summed E-state index contributed by atoms with van der Waals surface area (Å²) in [7, 11) is -1.06. The van der Waals surface area contributed by atoms with Crippen LogP contribution in [0.2, 0.25) is 35.3 Å². The average molecular weight is 230 g/mol. The van der Waals surface area contributed by atoms with Crippen LogP contribution < -0.4 is 0 Å². The number of hydrogen-bond donors (Lipinski definition) is 0. The van der Waals surface area contributed by atoms with Crippen molar-refractivity contribution in [2.75, 3.05) is 0 Å². The first kappa shape index (κ1) is 11.5. The molecule has 1 aliphatic carbocycles. The first-order chi connectivity index (χ1) is 5.73. The molecule has 0 radical (unpaired) electrons. The van der Waals surface area contributed by atoms with E-state index in [1.165, 1.54) is 6.42 Å². The maximum absolute atomic E-state index is 2.52. The fourth-order valence-corrected chi connectivity index (χ4v) is 9.38. The van der Waals surface area contributed by atoms with Gasteiger partial charge >= 0.3 is 87.6 Å². The topological polar surface area (TPSA) is 0 Å². The predicted octanol–water partition coefficient (Wildman–Crippen LogP) is 4.38. The van der Waals surface area contributed by atoms with Gasteiger partial charge in [0, 0.05) is 0 Å². The van der Waals surface area contributed by atoms with Crippen LogP contribution >= 0.6 is 0 Å². The SMILES string of the molecule is C[Si](C)(C)C1=[C]([Ti]([CH3])([CH3])[CH3])CC=C1. The van der Waals surface area contributed by atoms with Crippen LogP contribution in [0.3, 0.4) is 0 Å². The number of hydrogen-bond acceptors (Lipinski definition) is 0. The monoisotopic (exact) mass is 230 g/mol. The molecule has 0 nitrogen and oxygen atoms in total. The van der Waals surface area contributed by atoms with E-state index in [1.807, 2.05) is 3.88 Å². The predicted molar refractivity (Wildman–Crippen MR) is 61.7 cm³/mol. The van der Waals surface area contributed by atoms with Gasteiger partial charge in [-0.3, -0.25) is 0 Å². The van der Waals surface area contributed by atoms with Gasteiger partial charge in [-0.25, -0.2) is 0 Å². The van der Waals surface area contributed by atoms with E-state index < -0.39 is 24.7 Å². The second-order valence-corrected chi connectivity index (χ2v) is 19.0. The molecule has 0 spiro atoms. The molecule has 0 amide bonds. The van der Waals surface area contributed by atoms with E-state index in [2.05, 4.69) is 47.5 Å². The van der Waals surface area contributed by atoms with Crippen molar-refractivity contribution in [3.8, 4) is 0 Å². The third-order valence-electron chi connectivity index (χ3n) is 2.64. The van der Waals surface area contributed by atoms with Crippen LogP contribution in [0.4, 0.5) is 0 Å². The summed E-state index contributed by atoms with van der Waals surface area (Å²) < 4.78 is 1.86. The molecule has 0 fully saturated rings. The van der Waals surface area contributed by atoms with E-state index >= 15 is 0 Å². The molecule has 74 valence electrons. The minimum atomic E-state index is -1.54. The molecule has 0 aromatic carbocycles. The van der Waals surface area contributed by atoms with Crippen LogP contribution in [0.1, 0.15) is 6.42 Å². The van der Waals surface area contributed by atoms with E-state index in [9.17, 15) is 0 Å². The zero-order valence-corrected chi connectivity index (χ0v) is 12.4. The summed E-state index contributed by atoms with van der Waals surface area (Å²) in [5.41, 5.74) is 0. The van der Waals surface area contributed by atoms with Gasteiger partial charge in [-0.05, 0) is 0 Å². The van der Waals surface area contributed by atoms with Gasteiger partial charge in [0.05, 0.1) is 0 Å². The Morgan fingerprint density at radius 2 is 1.69 bits per heavy atom. The Labute approximate surface area is 87.5 Å². The van der Waals surface area contributed by atoms with Crippen LogP contribution in [0.5, 0.6) is 0 Å². The molecule has 1 aliphatic rings. The van der Waals surface area contributed by atoms with Gasteiger partial charge in [0.15, 0.2) is 0 Å². The summed E-state index contributed by atoms with van der Waals surface area (Å²) in [6.07, 6.45) is 6.06. The van der Waals surface area contributed by atoms with Crippen molar-refractivity contribution in [2.45, 2.75) is 41.7 Å². The fourth-order valence-electron chi connectivity index (χ4n) is 1.92. The summed E-state index contributed by atoms with van der Waals surface area (Å²) in [4.78, 5) is 0. The molecule has 13 heavy (non-hydrogen) atoms. The quantitative estimate of drug-likeness (QED) is 0.618. The van der Waals surface area contributed by atoms with Crippen molar-refractivity contribution >= 4 is 8.07 Å². The Kier molecular flexibility index (Phi) is 3.11. The van der Waals surface area contributed by atoms with E-state index in [1.54, 1.807) is 5.20 Å². The van der Waals surface area contributed by atoms with Gasteiger partial charge in [0.1, 0.15) is 0 Å². The number of rotatable bonds is 2. The molecule has 0 bridgehead atoms. The van der Waals surface area contributed by atoms with Crippen molar-refractivity contribution in [1.82, 2.24) is 0 Å². The maximum atomic E-state index is 2.52. The fraction of sp³-hybridized carbons (Fsp3) is 0.636. The van der Waals surface area contributed by atoms with Crippen molar-refractivity contribution in [1.29, 1.82) is 0 Å². The average Bonchev–Trinajstić information content (AvgIpc) is 2.27. The van der Waals surface area contributed by atoms with Crippen molar-refractivity contribution in [2.24, 2.45) is 0 Å². The molecular formula is C11H22SiTi. The summed E-state index contributed by atoms with van der Waals surface area (Å²) in [6.45, 7) is 7.39. The molecule has 0 saturated heterocycles. The summed E-state index contributed by atoms with van der Waals surface area (Å²) >= 11 is -1.54. The molecule has 2 heteroatoms. The van der Waals surface area contributed by atoms with Gasteiger partial charge in [0.25, 0.3) is 0 Å². The molecule has 0 atom stereocenters. The van der Waals surface area contributed by atoms with Crippen LogP contribution in [0.25, 0.3) is 0 Å². The standard InChI is InChI=1S/C8H13Si.3CH3.Ti/c1-9(2,3)8-6-4-5-7-8;;;;/h4,6H,5H2,1-3H3;3*1H3;. The zero-order chi connectivity index (χ0) is 10.3. The second-order valence-electron chi connectivity index (χ2n) is 6.00. The molecule has 0 unspecified atom stereocenters. The summed E-state index contributed by atoms with van der Waals surface area (Å²) in [5.74, 6) is 0. The van der Waals surface area contributed by atoms with Gasteiger partial charge in [-0.1, -0.05) is 0 Å². The van der Waals surface area contributed by atoms with Crippen LogP contribution in [0, 0.1) is 0 Å². The van der Waals surface area contributed by atoms with Crippen LogP contribution in [-0.4, -0.2) is 8.07 Å². The number of allylic oxidation sites excluding steroid dienone is 4. The first-order valence-electron chi connectivity index (χ1n) is 5.13. The second kappa shape index (κ2) is 3.53. The van der Waals surface area contributed by atoms with Crippen LogP contribution in [-0.2, 0) is 16.6 Å². The third kappa shape index (κ3) is 2.68. The molecule has 0 aromatic rings. The molecule has 0 N–H and O–H groups in total. The minimum absolute atomic E-state index is 1.06. The van der Waals surface area contributed by atoms with Crippen molar-refractivity contribution in [3.63, 3.8) is 0 Å². The summed E-state index contributed by atoms with van der Waals surface area (Å²) in [6, 6.07) is 0. The normalized spacial score (nSPS) is 18.6. The first-order valence-corrected chi connectivity index (χ1v) is 14.1. The zero-order valence-electron chi connectivity index (χ0n) is 9.86. The molecule has 0 saturated carbocycles. The molecule has 0 aliphatic heterocycles. The molecule has 1 rings (SSSR count). The van der Waals surface area contributed by atoms with Gasteiger partial charge in [0.2, 0.25) is 0 Å². The van der Waals surface area contributed by atoms with Gasteiger partial charge in [-0.2, -0.15) is 0 Å². The summed E-state index contributed by atoms with van der Waals surface area (Å²) in [5, 5.41) is 9.31. The van der Waals surface area contributed by atoms with E-state index in [0.717, 1.165) is 0 Å². The molecular weight excluding hydrogens is 208 g/mol. The Morgan fingerprint density at radius 3 is 2.00 bits per heavy atom. The Balaban J connectivity index is 3.10. The van der Waals surface area contributed by atoms with E-state index in [0.29, 0.717) is 0 Å². The van der Waals surface area contributed by atoms with Crippen LogP contribution in [0.15, 0.2) is 21.2 Å². The van der Waals surface area contributed by atoms with Gasteiger partial charge < -0.3 is 0 Å². The van der Waals surface area contributed by atoms with Gasteiger partial charge in [-0.15, -0.1) is 0 Å².